The Kier molecular flexibility index (Phi) is 4.20. The third kappa shape index (κ3) is 3.26. The van der Waals surface area contributed by atoms with Crippen LogP contribution in [-0.2, 0) is 4.74 Å². The molecule has 0 aliphatic carbocycles. The Morgan fingerprint density at radius 3 is 2.70 bits per heavy atom. The van der Waals surface area contributed by atoms with Crippen LogP contribution in [0.2, 0.25) is 0 Å². The number of anilines is 3. The van der Waals surface area contributed by atoms with E-state index in [1.165, 1.54) is 12.1 Å². The molecule has 2 aromatic rings. The molecule has 0 bridgehead atoms. The minimum atomic E-state index is -0.479. The van der Waals surface area contributed by atoms with Crippen LogP contribution < -0.4 is 11.1 Å². The van der Waals surface area contributed by atoms with Gasteiger partial charge in [0.05, 0.1) is 12.2 Å². The second kappa shape index (κ2) is 6.06. The van der Waals surface area contributed by atoms with Crippen molar-refractivity contribution in [2.45, 2.75) is 6.92 Å². The minimum absolute atomic E-state index is 0.278. The van der Waals surface area contributed by atoms with Crippen LogP contribution in [0.15, 0.2) is 42.5 Å². The predicted octanol–water partition coefficient (Wildman–Crippen LogP) is 3.33. The molecule has 3 N–H and O–H groups in total. The lowest BCUT2D eigenvalue weighted by Crippen LogP contribution is -2.08. The first-order chi connectivity index (χ1) is 9.60. The third-order valence-corrected chi connectivity index (χ3v) is 2.66. The molecular weight excluding hydrogens is 259 g/mol. The van der Waals surface area contributed by atoms with Crippen LogP contribution in [0.5, 0.6) is 0 Å². The smallest absolute Gasteiger partial charge is 0.340 e. The average Bonchev–Trinajstić information content (AvgIpc) is 2.41. The molecule has 0 unspecified atom stereocenters. The summed E-state index contributed by atoms with van der Waals surface area (Å²) < 4.78 is 18.0. The molecule has 0 fully saturated rings. The molecule has 0 saturated heterocycles. The number of ether oxygens (including phenoxy) is 1. The molecule has 0 aliphatic heterocycles. The SMILES string of the molecule is CCOC(=O)c1cc(Nc2cccc(F)c2)ccc1N. The Hall–Kier alpha value is -2.56. The monoisotopic (exact) mass is 274 g/mol. The number of carbonyl (C=O) groups is 1. The fourth-order valence-electron chi connectivity index (χ4n) is 1.75. The molecule has 0 aliphatic rings. The molecule has 0 spiro atoms. The molecule has 0 atom stereocenters. The van der Waals surface area contributed by atoms with E-state index < -0.39 is 5.97 Å². The maximum Gasteiger partial charge on any atom is 0.340 e. The lowest BCUT2D eigenvalue weighted by Gasteiger charge is -2.10. The molecular formula is C15H15FN2O2. The van der Waals surface area contributed by atoms with Crippen LogP contribution in [0.3, 0.4) is 0 Å². The van der Waals surface area contributed by atoms with Crippen molar-refractivity contribution in [1.82, 2.24) is 0 Å². The standard InChI is InChI=1S/C15H15FN2O2/c1-2-20-15(19)13-9-12(6-7-14(13)17)18-11-5-3-4-10(16)8-11/h3-9,18H,2,17H2,1H3. The van der Waals surface area contributed by atoms with E-state index in [-0.39, 0.29) is 18.0 Å². The summed E-state index contributed by atoms with van der Waals surface area (Å²) in [5, 5.41) is 3.01. The van der Waals surface area contributed by atoms with Crippen LogP contribution >= 0.6 is 0 Å². The number of hydrogen-bond acceptors (Lipinski definition) is 4. The van der Waals surface area contributed by atoms with Gasteiger partial charge in [0.25, 0.3) is 0 Å². The van der Waals surface area contributed by atoms with Gasteiger partial charge in [0, 0.05) is 17.1 Å². The largest absolute Gasteiger partial charge is 0.462 e. The van der Waals surface area contributed by atoms with Crippen LogP contribution in [0.4, 0.5) is 21.5 Å². The Morgan fingerprint density at radius 2 is 2.00 bits per heavy atom. The van der Waals surface area contributed by atoms with Crippen molar-refractivity contribution in [3.63, 3.8) is 0 Å². The molecule has 20 heavy (non-hydrogen) atoms. The van der Waals surface area contributed by atoms with Gasteiger partial charge in [-0.1, -0.05) is 6.07 Å². The molecule has 2 aromatic carbocycles. The summed E-state index contributed by atoms with van der Waals surface area (Å²) in [6.45, 7) is 2.00. The van der Waals surface area contributed by atoms with Gasteiger partial charge in [-0.15, -0.1) is 0 Å². The molecule has 0 saturated carbocycles. The highest BCUT2D eigenvalue weighted by molar-refractivity contribution is 5.96. The molecule has 0 radical (unpaired) electrons. The topological polar surface area (TPSA) is 64.3 Å². The zero-order valence-electron chi connectivity index (χ0n) is 11.0. The number of rotatable bonds is 4. The highest BCUT2D eigenvalue weighted by Gasteiger charge is 2.11. The van der Waals surface area contributed by atoms with Gasteiger partial charge in [-0.2, -0.15) is 0 Å². The first kappa shape index (κ1) is 13.9. The highest BCUT2D eigenvalue weighted by Crippen LogP contribution is 2.22. The Balaban J connectivity index is 2.25. The molecule has 0 aromatic heterocycles. The second-order valence-corrected chi connectivity index (χ2v) is 4.16. The Morgan fingerprint density at radius 1 is 1.25 bits per heavy atom. The van der Waals surface area contributed by atoms with Crippen LogP contribution in [0, 0.1) is 5.82 Å². The zero-order valence-corrected chi connectivity index (χ0v) is 11.0. The van der Waals surface area contributed by atoms with Crippen molar-refractivity contribution in [2.24, 2.45) is 0 Å². The number of halogens is 1. The van der Waals surface area contributed by atoms with Crippen molar-refractivity contribution >= 4 is 23.0 Å². The molecule has 0 amide bonds. The zero-order chi connectivity index (χ0) is 14.5. The summed E-state index contributed by atoms with van der Waals surface area (Å²) >= 11 is 0. The van der Waals surface area contributed by atoms with E-state index in [2.05, 4.69) is 5.32 Å². The lowest BCUT2D eigenvalue weighted by molar-refractivity contribution is 0.0527. The van der Waals surface area contributed by atoms with E-state index in [1.807, 2.05) is 0 Å². The summed E-state index contributed by atoms with van der Waals surface area (Å²) in [6.07, 6.45) is 0. The van der Waals surface area contributed by atoms with Crippen LogP contribution in [-0.4, -0.2) is 12.6 Å². The normalized spacial score (nSPS) is 10.1. The fraction of sp³-hybridized carbons (Fsp3) is 0.133. The van der Waals surface area contributed by atoms with Crippen molar-refractivity contribution in [2.75, 3.05) is 17.7 Å². The minimum Gasteiger partial charge on any atom is -0.462 e. The van der Waals surface area contributed by atoms with Gasteiger partial charge in [-0.25, -0.2) is 9.18 Å². The number of nitrogens with two attached hydrogens (primary N) is 1. The summed E-state index contributed by atoms with van der Waals surface area (Å²) in [5.74, 6) is -0.816. The van der Waals surface area contributed by atoms with E-state index in [4.69, 9.17) is 10.5 Å². The van der Waals surface area contributed by atoms with Gasteiger partial charge in [0.15, 0.2) is 0 Å². The van der Waals surface area contributed by atoms with E-state index in [0.29, 0.717) is 17.1 Å². The number of nitrogens with one attached hydrogen (secondary N) is 1. The fourth-order valence-corrected chi connectivity index (χ4v) is 1.75. The van der Waals surface area contributed by atoms with Crippen LogP contribution in [0.1, 0.15) is 17.3 Å². The molecule has 0 heterocycles. The van der Waals surface area contributed by atoms with Crippen LogP contribution in [0.25, 0.3) is 0 Å². The highest BCUT2D eigenvalue weighted by atomic mass is 19.1. The molecule has 104 valence electrons. The second-order valence-electron chi connectivity index (χ2n) is 4.16. The van der Waals surface area contributed by atoms with Crippen molar-refractivity contribution in [3.05, 3.63) is 53.8 Å². The summed E-state index contributed by atoms with van der Waals surface area (Å²) in [4.78, 5) is 11.7. The van der Waals surface area contributed by atoms with Crippen molar-refractivity contribution in [1.29, 1.82) is 0 Å². The number of nitrogen functional groups attached to an aromatic ring is 1. The first-order valence-corrected chi connectivity index (χ1v) is 6.19. The maximum absolute atomic E-state index is 13.1. The van der Waals surface area contributed by atoms with Crippen molar-refractivity contribution in [3.8, 4) is 0 Å². The van der Waals surface area contributed by atoms with Gasteiger partial charge in [0.2, 0.25) is 0 Å². The van der Waals surface area contributed by atoms with E-state index in [9.17, 15) is 9.18 Å². The van der Waals surface area contributed by atoms with Gasteiger partial charge < -0.3 is 15.8 Å². The van der Waals surface area contributed by atoms with E-state index in [0.717, 1.165) is 0 Å². The van der Waals surface area contributed by atoms with E-state index in [1.54, 1.807) is 37.3 Å². The van der Waals surface area contributed by atoms with Gasteiger partial charge in [-0.3, -0.25) is 0 Å². The maximum atomic E-state index is 13.1. The molecule has 4 nitrogen and oxygen atoms in total. The molecule has 5 heteroatoms. The van der Waals surface area contributed by atoms with E-state index >= 15 is 0 Å². The van der Waals surface area contributed by atoms with Gasteiger partial charge >= 0.3 is 5.97 Å². The number of hydrogen-bond donors (Lipinski definition) is 2. The first-order valence-electron chi connectivity index (χ1n) is 6.19. The predicted molar refractivity (Wildman–Crippen MR) is 76.5 cm³/mol. The number of esters is 1. The quantitative estimate of drug-likeness (QED) is 0.663. The Bertz CT molecular complexity index is 629. The summed E-state index contributed by atoms with van der Waals surface area (Å²) in [5.41, 5.74) is 7.60. The average molecular weight is 274 g/mol. The lowest BCUT2D eigenvalue weighted by atomic mass is 10.1. The molecule has 2 rings (SSSR count). The number of benzene rings is 2. The summed E-state index contributed by atoms with van der Waals surface area (Å²) in [7, 11) is 0. The summed E-state index contributed by atoms with van der Waals surface area (Å²) in [6, 6.07) is 10.9. The Labute approximate surface area is 116 Å². The van der Waals surface area contributed by atoms with Gasteiger partial charge in [-0.05, 0) is 43.3 Å². The number of carbonyl (C=O) groups excluding carboxylic acids is 1. The van der Waals surface area contributed by atoms with Gasteiger partial charge in [0.1, 0.15) is 5.82 Å². The third-order valence-electron chi connectivity index (χ3n) is 2.66. The van der Waals surface area contributed by atoms with Crippen molar-refractivity contribution < 1.29 is 13.9 Å².